The molecule has 0 saturated carbocycles. The Labute approximate surface area is 111 Å². The number of rotatable bonds is 8. The average molecular weight is 274 g/mol. The molecule has 0 aliphatic carbocycles. The smallest absolute Gasteiger partial charge is 0.0500 e. The summed E-state index contributed by atoms with van der Waals surface area (Å²) < 4.78 is 11.8. The van der Waals surface area contributed by atoms with Crippen LogP contribution in [0.2, 0.25) is 5.02 Å². The Bertz CT molecular complexity index is 357. The second-order valence-electron chi connectivity index (χ2n) is 3.98. The summed E-state index contributed by atoms with van der Waals surface area (Å²) in [6, 6.07) is 7.61. The highest BCUT2D eigenvalue weighted by Gasteiger charge is 2.04. The molecule has 1 aromatic carbocycles. The second-order valence-corrected chi connectivity index (χ2v) is 5.97. The third kappa shape index (κ3) is 6.20. The lowest BCUT2D eigenvalue weighted by molar-refractivity contribution is 0.652. The van der Waals surface area contributed by atoms with Crippen molar-refractivity contribution < 1.29 is 4.21 Å². The van der Waals surface area contributed by atoms with Gasteiger partial charge < -0.3 is 5.32 Å². The molecule has 0 bridgehead atoms. The monoisotopic (exact) mass is 273 g/mol. The molecule has 1 atom stereocenters. The van der Waals surface area contributed by atoms with E-state index in [1.165, 1.54) is 0 Å². The van der Waals surface area contributed by atoms with Gasteiger partial charge in [-0.1, -0.05) is 36.7 Å². The quantitative estimate of drug-likeness (QED) is 0.738. The van der Waals surface area contributed by atoms with Crippen LogP contribution < -0.4 is 5.32 Å². The molecule has 0 fully saturated rings. The van der Waals surface area contributed by atoms with E-state index in [1.54, 1.807) is 0 Å². The SMILES string of the molecule is CCCNCCCS(=O)Cc1ccccc1Cl. The van der Waals surface area contributed by atoms with E-state index in [-0.39, 0.29) is 0 Å². The molecule has 4 heteroatoms. The molecule has 0 amide bonds. The molecule has 1 rings (SSSR count). The van der Waals surface area contributed by atoms with Crippen LogP contribution in [0.1, 0.15) is 25.3 Å². The van der Waals surface area contributed by atoms with Gasteiger partial charge in [-0.25, -0.2) is 0 Å². The molecule has 0 saturated heterocycles. The fraction of sp³-hybridized carbons (Fsp3) is 0.538. The van der Waals surface area contributed by atoms with Crippen molar-refractivity contribution in [3.8, 4) is 0 Å². The molecule has 1 unspecified atom stereocenters. The molecule has 96 valence electrons. The van der Waals surface area contributed by atoms with Gasteiger partial charge in [-0.2, -0.15) is 0 Å². The molecular weight excluding hydrogens is 254 g/mol. The van der Waals surface area contributed by atoms with Gasteiger partial charge in [-0.05, 0) is 37.6 Å². The average Bonchev–Trinajstić information content (AvgIpc) is 2.32. The first-order chi connectivity index (χ1) is 8.24. The lowest BCUT2D eigenvalue weighted by Crippen LogP contribution is -2.18. The molecule has 1 N–H and O–H groups in total. The molecule has 0 spiro atoms. The summed E-state index contributed by atoms with van der Waals surface area (Å²) in [7, 11) is -0.811. The fourth-order valence-corrected chi connectivity index (χ4v) is 3.01. The number of hydrogen-bond donors (Lipinski definition) is 1. The summed E-state index contributed by atoms with van der Waals surface area (Å²) in [5.41, 5.74) is 0.981. The topological polar surface area (TPSA) is 29.1 Å². The van der Waals surface area contributed by atoms with E-state index in [0.717, 1.165) is 37.2 Å². The van der Waals surface area contributed by atoms with Crippen molar-refractivity contribution in [2.75, 3.05) is 18.8 Å². The molecule has 17 heavy (non-hydrogen) atoms. The number of hydrogen-bond acceptors (Lipinski definition) is 2. The van der Waals surface area contributed by atoms with Gasteiger partial charge in [0.05, 0.1) is 0 Å². The van der Waals surface area contributed by atoms with E-state index < -0.39 is 10.8 Å². The third-order valence-electron chi connectivity index (χ3n) is 2.43. The van der Waals surface area contributed by atoms with Crippen molar-refractivity contribution in [2.45, 2.75) is 25.5 Å². The van der Waals surface area contributed by atoms with Crippen LogP contribution in [0.5, 0.6) is 0 Å². The predicted octanol–water partition coefficient (Wildman–Crippen LogP) is 2.98. The van der Waals surface area contributed by atoms with Gasteiger partial charge in [-0.3, -0.25) is 4.21 Å². The van der Waals surface area contributed by atoms with Crippen LogP contribution in [-0.2, 0) is 16.6 Å². The predicted molar refractivity (Wildman–Crippen MR) is 75.9 cm³/mol. The zero-order valence-electron chi connectivity index (χ0n) is 10.2. The summed E-state index contributed by atoms with van der Waals surface area (Å²) in [6.45, 7) is 4.13. The molecule has 0 aromatic heterocycles. The van der Waals surface area contributed by atoms with E-state index in [9.17, 15) is 4.21 Å². The maximum absolute atomic E-state index is 11.8. The van der Waals surface area contributed by atoms with E-state index in [2.05, 4.69) is 12.2 Å². The van der Waals surface area contributed by atoms with Crippen LogP contribution in [0, 0.1) is 0 Å². The van der Waals surface area contributed by atoms with Gasteiger partial charge in [-0.15, -0.1) is 0 Å². The highest BCUT2D eigenvalue weighted by atomic mass is 35.5. The minimum Gasteiger partial charge on any atom is -0.317 e. The van der Waals surface area contributed by atoms with Gasteiger partial charge >= 0.3 is 0 Å². The summed E-state index contributed by atoms with van der Waals surface area (Å²) in [5.74, 6) is 1.30. The first-order valence-electron chi connectivity index (χ1n) is 6.03. The van der Waals surface area contributed by atoms with Gasteiger partial charge in [0.2, 0.25) is 0 Å². The molecule has 0 aliphatic rings. The highest BCUT2D eigenvalue weighted by Crippen LogP contribution is 2.16. The number of nitrogens with one attached hydrogen (secondary N) is 1. The van der Waals surface area contributed by atoms with Crippen LogP contribution >= 0.6 is 11.6 Å². The van der Waals surface area contributed by atoms with E-state index in [4.69, 9.17) is 11.6 Å². The minimum absolute atomic E-state index is 0.563. The zero-order chi connectivity index (χ0) is 12.5. The molecule has 2 nitrogen and oxygen atoms in total. The Morgan fingerprint density at radius 3 is 2.76 bits per heavy atom. The minimum atomic E-state index is -0.811. The molecule has 0 aliphatic heterocycles. The standard InChI is InChI=1S/C13H20ClNOS/c1-2-8-15-9-5-10-17(16)11-12-6-3-4-7-13(12)14/h3-4,6-7,15H,2,5,8-11H2,1H3. The van der Waals surface area contributed by atoms with Gasteiger partial charge in [0.15, 0.2) is 0 Å². The van der Waals surface area contributed by atoms with Crippen LogP contribution in [0.3, 0.4) is 0 Å². The highest BCUT2D eigenvalue weighted by molar-refractivity contribution is 7.84. The van der Waals surface area contributed by atoms with Crippen LogP contribution in [-0.4, -0.2) is 23.1 Å². The first-order valence-corrected chi connectivity index (χ1v) is 7.89. The maximum Gasteiger partial charge on any atom is 0.0500 e. The van der Waals surface area contributed by atoms with Crippen LogP contribution in [0.25, 0.3) is 0 Å². The zero-order valence-corrected chi connectivity index (χ0v) is 11.8. The Balaban J connectivity index is 2.23. The lowest BCUT2D eigenvalue weighted by atomic mass is 10.2. The maximum atomic E-state index is 11.8. The Hall–Kier alpha value is -0.380. The molecule has 0 radical (unpaired) electrons. The summed E-state index contributed by atoms with van der Waals surface area (Å²) in [4.78, 5) is 0. The lowest BCUT2D eigenvalue weighted by Gasteiger charge is -2.05. The summed E-state index contributed by atoms with van der Waals surface area (Å²) in [6.07, 6.45) is 2.10. The molecule has 1 aromatic rings. The van der Waals surface area contributed by atoms with Gasteiger partial charge in [0.25, 0.3) is 0 Å². The third-order valence-corrected chi connectivity index (χ3v) is 4.17. The van der Waals surface area contributed by atoms with E-state index in [0.29, 0.717) is 10.8 Å². The molecule has 0 heterocycles. The van der Waals surface area contributed by atoms with Gasteiger partial charge in [0.1, 0.15) is 0 Å². The van der Waals surface area contributed by atoms with Crippen molar-refractivity contribution in [3.05, 3.63) is 34.9 Å². The van der Waals surface area contributed by atoms with Crippen molar-refractivity contribution in [1.82, 2.24) is 5.32 Å². The van der Waals surface area contributed by atoms with Crippen LogP contribution in [0.4, 0.5) is 0 Å². The van der Waals surface area contributed by atoms with E-state index >= 15 is 0 Å². The number of halogens is 1. The first kappa shape index (κ1) is 14.7. The normalized spacial score (nSPS) is 12.6. The van der Waals surface area contributed by atoms with Crippen molar-refractivity contribution in [3.63, 3.8) is 0 Å². The largest absolute Gasteiger partial charge is 0.317 e. The van der Waals surface area contributed by atoms with Crippen LogP contribution in [0.15, 0.2) is 24.3 Å². The second kappa shape index (κ2) is 8.67. The Morgan fingerprint density at radius 2 is 2.06 bits per heavy atom. The van der Waals surface area contributed by atoms with Crippen molar-refractivity contribution in [1.29, 1.82) is 0 Å². The van der Waals surface area contributed by atoms with Crippen molar-refractivity contribution in [2.24, 2.45) is 0 Å². The number of benzene rings is 1. The van der Waals surface area contributed by atoms with E-state index in [1.807, 2.05) is 24.3 Å². The fourth-order valence-electron chi connectivity index (χ4n) is 1.52. The Morgan fingerprint density at radius 1 is 1.29 bits per heavy atom. The van der Waals surface area contributed by atoms with Gasteiger partial charge in [0, 0.05) is 27.3 Å². The van der Waals surface area contributed by atoms with Crippen molar-refractivity contribution >= 4 is 22.4 Å². The summed E-state index contributed by atoms with van der Waals surface area (Å²) >= 11 is 6.02. The molecular formula is C13H20ClNOS. The summed E-state index contributed by atoms with van der Waals surface area (Å²) in [5, 5.41) is 4.02. The Kier molecular flexibility index (Phi) is 7.49.